The van der Waals surface area contributed by atoms with Crippen molar-refractivity contribution in [3.8, 4) is 0 Å². The fourth-order valence-electron chi connectivity index (χ4n) is 2.93. The Kier molecular flexibility index (Phi) is 3.38. The minimum Gasteiger partial charge on any atom is -0.338 e. The molecule has 0 aliphatic carbocycles. The van der Waals surface area contributed by atoms with Gasteiger partial charge in [0.2, 0.25) is 0 Å². The molecule has 2 heterocycles. The van der Waals surface area contributed by atoms with Crippen molar-refractivity contribution in [3.05, 3.63) is 0 Å². The number of likely N-dealkylation sites (tertiary alicyclic amines) is 1. The van der Waals surface area contributed by atoms with Crippen LogP contribution in [0.2, 0.25) is 0 Å². The van der Waals surface area contributed by atoms with Gasteiger partial charge in [-0.2, -0.15) is 0 Å². The molecule has 16 heavy (non-hydrogen) atoms. The summed E-state index contributed by atoms with van der Waals surface area (Å²) in [5, 5.41) is 2.93. The summed E-state index contributed by atoms with van der Waals surface area (Å²) in [5.41, 5.74) is 0. The second-order valence-electron chi connectivity index (χ2n) is 5.18. The Morgan fingerprint density at radius 1 is 1.31 bits per heavy atom. The van der Waals surface area contributed by atoms with Crippen molar-refractivity contribution in [2.24, 2.45) is 0 Å². The Bertz CT molecular complexity index is 253. The Balaban J connectivity index is 2.02. The molecule has 2 amide bonds. The van der Waals surface area contributed by atoms with E-state index in [0.29, 0.717) is 18.1 Å². The molecule has 2 bridgehead atoms. The average Bonchev–Trinajstić information content (AvgIpc) is 2.49. The van der Waals surface area contributed by atoms with Crippen molar-refractivity contribution in [1.82, 2.24) is 15.1 Å². The number of amides is 2. The minimum atomic E-state index is 0.137. The number of carbonyl (C=O) groups excluding carboxylic acids is 1. The maximum Gasteiger partial charge on any atom is 0.317 e. The lowest BCUT2D eigenvalue weighted by Crippen LogP contribution is -2.59. The third kappa shape index (κ3) is 2.03. The molecule has 1 N–H and O–H groups in total. The highest BCUT2D eigenvalue weighted by Crippen LogP contribution is 2.30. The molecule has 0 aromatic carbocycles. The highest BCUT2D eigenvalue weighted by atomic mass is 16.2. The monoisotopic (exact) mass is 225 g/mol. The van der Waals surface area contributed by atoms with E-state index in [1.54, 1.807) is 0 Å². The van der Waals surface area contributed by atoms with E-state index in [4.69, 9.17) is 0 Å². The third-order valence-electron chi connectivity index (χ3n) is 3.80. The topological polar surface area (TPSA) is 35.6 Å². The molecule has 2 saturated heterocycles. The maximum absolute atomic E-state index is 11.9. The summed E-state index contributed by atoms with van der Waals surface area (Å²) in [6, 6.07) is 1.61. The zero-order valence-corrected chi connectivity index (χ0v) is 10.6. The lowest BCUT2D eigenvalue weighted by atomic mass is 10.1. The molecule has 0 radical (unpaired) electrons. The van der Waals surface area contributed by atoms with Crippen LogP contribution in [0.15, 0.2) is 0 Å². The summed E-state index contributed by atoms with van der Waals surface area (Å²) < 4.78 is 0. The second kappa shape index (κ2) is 4.62. The van der Waals surface area contributed by atoms with Crippen LogP contribution in [0.4, 0.5) is 4.79 Å². The number of rotatable bonds is 2. The predicted molar refractivity (Wildman–Crippen MR) is 64.4 cm³/mol. The van der Waals surface area contributed by atoms with Crippen LogP contribution in [0.1, 0.15) is 33.6 Å². The Morgan fingerprint density at radius 3 is 2.31 bits per heavy atom. The SMILES string of the molecule is CCNC(=O)N1C2CCC1CN(C(C)C)C2. The molecular formula is C12H23N3O. The van der Waals surface area contributed by atoms with Gasteiger partial charge in [0.05, 0.1) is 0 Å². The van der Waals surface area contributed by atoms with E-state index < -0.39 is 0 Å². The number of piperazine rings is 1. The van der Waals surface area contributed by atoms with Gasteiger partial charge in [-0.25, -0.2) is 4.79 Å². The largest absolute Gasteiger partial charge is 0.338 e. The lowest BCUT2D eigenvalue weighted by Gasteiger charge is -2.42. The lowest BCUT2D eigenvalue weighted by molar-refractivity contribution is 0.0708. The van der Waals surface area contributed by atoms with Gasteiger partial charge in [-0.3, -0.25) is 4.90 Å². The van der Waals surface area contributed by atoms with Crippen LogP contribution in [0.5, 0.6) is 0 Å². The average molecular weight is 225 g/mol. The van der Waals surface area contributed by atoms with Gasteiger partial charge in [0, 0.05) is 37.8 Å². The van der Waals surface area contributed by atoms with Gasteiger partial charge in [0.1, 0.15) is 0 Å². The van der Waals surface area contributed by atoms with Gasteiger partial charge >= 0.3 is 6.03 Å². The standard InChI is InChI=1S/C12H23N3O/c1-4-13-12(16)15-10-5-6-11(15)8-14(7-10)9(2)3/h9-11H,4-8H2,1-3H3,(H,13,16). The summed E-state index contributed by atoms with van der Waals surface area (Å²) in [6.07, 6.45) is 2.34. The zero-order valence-electron chi connectivity index (χ0n) is 10.6. The number of hydrogen-bond acceptors (Lipinski definition) is 2. The van der Waals surface area contributed by atoms with Crippen LogP contribution in [0.25, 0.3) is 0 Å². The van der Waals surface area contributed by atoms with Crippen molar-refractivity contribution >= 4 is 6.03 Å². The molecule has 4 heteroatoms. The number of nitrogens with one attached hydrogen (secondary N) is 1. The van der Waals surface area contributed by atoms with E-state index in [1.165, 1.54) is 12.8 Å². The van der Waals surface area contributed by atoms with Crippen molar-refractivity contribution in [2.45, 2.75) is 51.7 Å². The molecule has 4 nitrogen and oxygen atoms in total. The van der Waals surface area contributed by atoms with E-state index in [9.17, 15) is 4.79 Å². The summed E-state index contributed by atoms with van der Waals surface area (Å²) >= 11 is 0. The smallest absolute Gasteiger partial charge is 0.317 e. The number of hydrogen-bond donors (Lipinski definition) is 1. The molecule has 92 valence electrons. The quantitative estimate of drug-likeness (QED) is 0.768. The summed E-state index contributed by atoms with van der Waals surface area (Å²) in [4.78, 5) is 16.5. The molecule has 2 aliphatic heterocycles. The fourth-order valence-corrected chi connectivity index (χ4v) is 2.93. The first-order valence-corrected chi connectivity index (χ1v) is 6.43. The van der Waals surface area contributed by atoms with Gasteiger partial charge in [-0.1, -0.05) is 0 Å². The first kappa shape index (κ1) is 11.7. The zero-order chi connectivity index (χ0) is 11.7. The highest BCUT2D eigenvalue weighted by Gasteiger charge is 2.42. The molecule has 2 unspecified atom stereocenters. The van der Waals surface area contributed by atoms with Crippen LogP contribution in [-0.4, -0.2) is 53.6 Å². The van der Waals surface area contributed by atoms with Crippen LogP contribution in [0, 0.1) is 0 Å². The predicted octanol–water partition coefficient (Wildman–Crippen LogP) is 1.27. The molecule has 0 spiro atoms. The first-order chi connectivity index (χ1) is 7.63. The molecule has 0 aromatic heterocycles. The number of carbonyl (C=O) groups is 1. The highest BCUT2D eigenvalue weighted by molar-refractivity contribution is 5.75. The third-order valence-corrected chi connectivity index (χ3v) is 3.80. The molecule has 2 aliphatic rings. The molecule has 0 saturated carbocycles. The number of fused-ring (bicyclic) bond motifs is 2. The van der Waals surface area contributed by atoms with Crippen molar-refractivity contribution in [3.63, 3.8) is 0 Å². The van der Waals surface area contributed by atoms with Gasteiger partial charge < -0.3 is 10.2 Å². The van der Waals surface area contributed by atoms with Gasteiger partial charge in [-0.05, 0) is 33.6 Å². The number of urea groups is 1. The second-order valence-corrected chi connectivity index (χ2v) is 5.18. The molecule has 2 fully saturated rings. The van der Waals surface area contributed by atoms with Crippen molar-refractivity contribution in [1.29, 1.82) is 0 Å². The van der Waals surface area contributed by atoms with E-state index in [2.05, 4.69) is 29.0 Å². The van der Waals surface area contributed by atoms with Gasteiger partial charge in [-0.15, -0.1) is 0 Å². The van der Waals surface area contributed by atoms with Crippen molar-refractivity contribution < 1.29 is 4.79 Å². The summed E-state index contributed by atoms with van der Waals surface area (Å²) in [5.74, 6) is 0. The Hall–Kier alpha value is -0.770. The molecule has 2 atom stereocenters. The summed E-state index contributed by atoms with van der Waals surface area (Å²) in [7, 11) is 0. The van der Waals surface area contributed by atoms with Gasteiger partial charge in [0.25, 0.3) is 0 Å². The van der Waals surface area contributed by atoms with Crippen LogP contribution >= 0.6 is 0 Å². The molecule has 0 aromatic rings. The molecule has 2 rings (SSSR count). The molecular weight excluding hydrogens is 202 g/mol. The first-order valence-electron chi connectivity index (χ1n) is 6.43. The Morgan fingerprint density at radius 2 is 1.88 bits per heavy atom. The van der Waals surface area contributed by atoms with Gasteiger partial charge in [0.15, 0.2) is 0 Å². The van der Waals surface area contributed by atoms with Crippen LogP contribution in [0.3, 0.4) is 0 Å². The van der Waals surface area contributed by atoms with Crippen molar-refractivity contribution in [2.75, 3.05) is 19.6 Å². The maximum atomic E-state index is 11.9. The van der Waals surface area contributed by atoms with E-state index in [0.717, 1.165) is 19.6 Å². The number of nitrogens with zero attached hydrogens (tertiary/aromatic N) is 2. The van der Waals surface area contributed by atoms with E-state index in [1.807, 2.05) is 6.92 Å². The normalized spacial score (nSPS) is 29.9. The van der Waals surface area contributed by atoms with Crippen LogP contribution in [-0.2, 0) is 0 Å². The minimum absolute atomic E-state index is 0.137. The Labute approximate surface area is 98.0 Å². The fraction of sp³-hybridized carbons (Fsp3) is 0.917. The summed E-state index contributed by atoms with van der Waals surface area (Å²) in [6.45, 7) is 9.27. The van der Waals surface area contributed by atoms with E-state index in [-0.39, 0.29) is 6.03 Å². The van der Waals surface area contributed by atoms with E-state index >= 15 is 0 Å². The van der Waals surface area contributed by atoms with Crippen LogP contribution < -0.4 is 5.32 Å².